The molecule has 4 N–H and O–H groups in total. The second-order valence-electron chi connectivity index (χ2n) is 3.57. The van der Waals surface area contributed by atoms with Crippen molar-refractivity contribution in [3.63, 3.8) is 0 Å². The van der Waals surface area contributed by atoms with E-state index in [2.05, 4.69) is 10.3 Å². The number of phenols is 1. The van der Waals surface area contributed by atoms with Crippen molar-refractivity contribution < 1.29 is 9.90 Å². The minimum Gasteiger partial charge on any atom is -0.508 e. The highest BCUT2D eigenvalue weighted by atomic mass is 35.5. The van der Waals surface area contributed by atoms with Crippen LogP contribution in [0.25, 0.3) is 0 Å². The van der Waals surface area contributed by atoms with Gasteiger partial charge >= 0.3 is 0 Å². The average molecular weight is 264 g/mol. The molecule has 5 nitrogen and oxygen atoms in total. The van der Waals surface area contributed by atoms with Crippen molar-refractivity contribution in [3.8, 4) is 5.75 Å². The summed E-state index contributed by atoms with van der Waals surface area (Å²) in [6, 6.07) is 9.01. The molecule has 0 unspecified atom stereocenters. The van der Waals surface area contributed by atoms with Gasteiger partial charge in [-0.3, -0.25) is 4.79 Å². The van der Waals surface area contributed by atoms with Crippen LogP contribution in [-0.4, -0.2) is 16.0 Å². The maximum absolute atomic E-state index is 11.9. The number of amides is 1. The Labute approximate surface area is 108 Å². The molecule has 6 heteroatoms. The molecule has 2 rings (SSSR count). The minimum absolute atomic E-state index is 0.0339. The van der Waals surface area contributed by atoms with Crippen molar-refractivity contribution >= 4 is 29.0 Å². The molecule has 1 amide bonds. The van der Waals surface area contributed by atoms with E-state index in [0.29, 0.717) is 5.82 Å². The van der Waals surface area contributed by atoms with Crippen LogP contribution in [0.4, 0.5) is 11.5 Å². The van der Waals surface area contributed by atoms with Gasteiger partial charge in [-0.25, -0.2) is 4.98 Å². The van der Waals surface area contributed by atoms with Gasteiger partial charge < -0.3 is 16.2 Å². The number of hydrogen-bond donors (Lipinski definition) is 3. The number of nitrogens with two attached hydrogens (primary N) is 1. The molecule has 0 aliphatic heterocycles. The fourth-order valence-corrected chi connectivity index (χ4v) is 1.57. The van der Waals surface area contributed by atoms with Gasteiger partial charge in [0.05, 0.1) is 5.56 Å². The number of carbonyl (C=O) groups excluding carboxylic acids is 1. The number of nitrogen functional groups attached to an aromatic ring is 1. The summed E-state index contributed by atoms with van der Waals surface area (Å²) in [7, 11) is 0. The largest absolute Gasteiger partial charge is 0.508 e. The first-order valence-electron chi connectivity index (χ1n) is 5.08. The van der Waals surface area contributed by atoms with Crippen LogP contribution in [0.2, 0.25) is 5.15 Å². The third kappa shape index (κ3) is 2.70. The number of pyridine rings is 1. The highest BCUT2D eigenvalue weighted by Crippen LogP contribution is 2.19. The van der Waals surface area contributed by atoms with Gasteiger partial charge in [0.15, 0.2) is 0 Å². The van der Waals surface area contributed by atoms with Gasteiger partial charge in [-0.05, 0) is 30.3 Å². The van der Waals surface area contributed by atoms with E-state index >= 15 is 0 Å². The Morgan fingerprint density at radius 2 is 2.11 bits per heavy atom. The Bertz CT molecular complexity index is 602. The van der Waals surface area contributed by atoms with Crippen molar-refractivity contribution in [2.45, 2.75) is 0 Å². The number of rotatable bonds is 2. The van der Waals surface area contributed by atoms with E-state index < -0.39 is 5.91 Å². The van der Waals surface area contributed by atoms with Crippen LogP contribution in [0.1, 0.15) is 10.4 Å². The van der Waals surface area contributed by atoms with E-state index in [1.165, 1.54) is 18.2 Å². The zero-order valence-electron chi connectivity index (χ0n) is 9.22. The fraction of sp³-hybridized carbons (Fsp3) is 0. The van der Waals surface area contributed by atoms with Crippen molar-refractivity contribution in [3.05, 3.63) is 47.1 Å². The van der Waals surface area contributed by atoms with Crippen molar-refractivity contribution in [1.29, 1.82) is 0 Å². The first-order valence-corrected chi connectivity index (χ1v) is 5.46. The zero-order chi connectivity index (χ0) is 13.1. The second-order valence-corrected chi connectivity index (χ2v) is 3.96. The smallest absolute Gasteiger partial charge is 0.259 e. The minimum atomic E-state index is -0.460. The van der Waals surface area contributed by atoms with E-state index in [9.17, 15) is 9.90 Å². The monoisotopic (exact) mass is 263 g/mol. The molecule has 92 valence electrons. The van der Waals surface area contributed by atoms with Crippen LogP contribution in [0.3, 0.4) is 0 Å². The van der Waals surface area contributed by atoms with Crippen molar-refractivity contribution in [2.24, 2.45) is 0 Å². The summed E-state index contributed by atoms with van der Waals surface area (Å²) in [5, 5.41) is 12.1. The first-order chi connectivity index (χ1) is 8.56. The number of aromatic nitrogens is 1. The molecule has 1 heterocycles. The van der Waals surface area contributed by atoms with Crippen LogP contribution in [0.15, 0.2) is 36.4 Å². The number of nitrogens with one attached hydrogen (secondary N) is 1. The highest BCUT2D eigenvalue weighted by molar-refractivity contribution is 6.29. The summed E-state index contributed by atoms with van der Waals surface area (Å²) in [6.45, 7) is 0. The van der Waals surface area contributed by atoms with Crippen molar-refractivity contribution in [2.75, 3.05) is 11.1 Å². The molecular weight excluding hydrogens is 254 g/mol. The molecule has 0 saturated carbocycles. The number of phenolic OH excluding ortho intramolecular Hbond substituents is 1. The molecule has 0 aliphatic carbocycles. The number of benzene rings is 1. The molecule has 1 aromatic heterocycles. The van der Waals surface area contributed by atoms with Crippen LogP contribution < -0.4 is 11.1 Å². The number of anilines is 2. The van der Waals surface area contributed by atoms with Gasteiger partial charge in [0.25, 0.3) is 5.91 Å². The zero-order valence-corrected chi connectivity index (χ0v) is 9.98. The van der Waals surface area contributed by atoms with Crippen LogP contribution >= 0.6 is 11.6 Å². The van der Waals surface area contributed by atoms with Gasteiger partial charge in [0.1, 0.15) is 16.7 Å². The lowest BCUT2D eigenvalue weighted by Gasteiger charge is -2.07. The maximum atomic E-state index is 11.9. The van der Waals surface area contributed by atoms with Gasteiger partial charge in [0, 0.05) is 5.69 Å². The molecule has 18 heavy (non-hydrogen) atoms. The maximum Gasteiger partial charge on any atom is 0.259 e. The summed E-state index contributed by atoms with van der Waals surface area (Å²) in [5.74, 6) is -0.179. The van der Waals surface area contributed by atoms with Crippen LogP contribution in [0.5, 0.6) is 5.75 Å². The Hall–Kier alpha value is -2.27. The molecule has 1 aromatic carbocycles. The third-order valence-electron chi connectivity index (χ3n) is 2.24. The predicted molar refractivity (Wildman–Crippen MR) is 69.7 cm³/mol. The lowest BCUT2D eigenvalue weighted by molar-refractivity contribution is 0.102. The predicted octanol–water partition coefficient (Wildman–Crippen LogP) is 2.28. The topological polar surface area (TPSA) is 88.2 Å². The van der Waals surface area contributed by atoms with Crippen LogP contribution in [-0.2, 0) is 0 Å². The SMILES string of the molecule is Nc1ccc(O)cc1C(=O)Nc1cccc(Cl)n1. The lowest BCUT2D eigenvalue weighted by atomic mass is 10.1. The Kier molecular flexibility index (Phi) is 3.34. The molecule has 2 aromatic rings. The first kappa shape index (κ1) is 12.2. The Morgan fingerprint density at radius 1 is 1.33 bits per heavy atom. The number of nitrogens with zero attached hydrogens (tertiary/aromatic N) is 1. The number of halogens is 1. The summed E-state index contributed by atoms with van der Waals surface area (Å²) in [5.41, 5.74) is 6.10. The molecular formula is C12H10ClN3O2. The number of hydrogen-bond acceptors (Lipinski definition) is 4. The average Bonchev–Trinajstić information content (AvgIpc) is 2.32. The van der Waals surface area contributed by atoms with Gasteiger partial charge in [-0.1, -0.05) is 17.7 Å². The van der Waals surface area contributed by atoms with Crippen LogP contribution in [0, 0.1) is 0 Å². The third-order valence-corrected chi connectivity index (χ3v) is 2.45. The lowest BCUT2D eigenvalue weighted by Crippen LogP contribution is -2.14. The number of carbonyl (C=O) groups is 1. The number of aromatic hydroxyl groups is 1. The normalized spacial score (nSPS) is 10.1. The van der Waals surface area contributed by atoms with Gasteiger partial charge in [-0.15, -0.1) is 0 Å². The quantitative estimate of drug-likeness (QED) is 0.441. The van der Waals surface area contributed by atoms with E-state index in [1.54, 1.807) is 18.2 Å². The summed E-state index contributed by atoms with van der Waals surface area (Å²) in [6.07, 6.45) is 0. The van der Waals surface area contributed by atoms with E-state index in [-0.39, 0.29) is 22.2 Å². The summed E-state index contributed by atoms with van der Waals surface area (Å²) >= 11 is 5.70. The molecule has 0 bridgehead atoms. The molecule has 0 fully saturated rings. The second kappa shape index (κ2) is 4.93. The van der Waals surface area contributed by atoms with E-state index in [0.717, 1.165) is 0 Å². The van der Waals surface area contributed by atoms with Gasteiger partial charge in [-0.2, -0.15) is 0 Å². The highest BCUT2D eigenvalue weighted by Gasteiger charge is 2.11. The Morgan fingerprint density at radius 3 is 2.83 bits per heavy atom. The standard InChI is InChI=1S/C12H10ClN3O2/c13-10-2-1-3-11(15-10)16-12(18)8-6-7(17)4-5-9(8)14/h1-6,17H,14H2,(H,15,16,18). The van der Waals surface area contributed by atoms with E-state index in [4.69, 9.17) is 17.3 Å². The fourth-order valence-electron chi connectivity index (χ4n) is 1.40. The summed E-state index contributed by atoms with van der Waals surface area (Å²) in [4.78, 5) is 15.8. The Balaban J connectivity index is 2.24. The molecule has 0 radical (unpaired) electrons. The van der Waals surface area contributed by atoms with E-state index in [1.807, 2.05) is 0 Å². The van der Waals surface area contributed by atoms with Crippen molar-refractivity contribution in [1.82, 2.24) is 4.98 Å². The summed E-state index contributed by atoms with van der Waals surface area (Å²) < 4.78 is 0. The van der Waals surface area contributed by atoms with Gasteiger partial charge in [0.2, 0.25) is 0 Å². The molecule has 0 aliphatic rings. The molecule has 0 spiro atoms. The molecule has 0 atom stereocenters. The molecule has 0 saturated heterocycles.